The zero-order chi connectivity index (χ0) is 11.3. The molecule has 1 atom stereocenters. The van der Waals surface area contributed by atoms with Crippen LogP contribution in [0.5, 0.6) is 0 Å². The van der Waals surface area contributed by atoms with E-state index in [4.69, 9.17) is 15.7 Å². The summed E-state index contributed by atoms with van der Waals surface area (Å²) >= 11 is 1.26. The Morgan fingerprint density at radius 1 is 1.87 bits per heavy atom. The first-order chi connectivity index (χ1) is 7.13. The van der Waals surface area contributed by atoms with E-state index in [1.807, 2.05) is 0 Å². The van der Waals surface area contributed by atoms with E-state index in [-0.39, 0.29) is 0 Å². The predicted octanol–water partition coefficient (Wildman–Crippen LogP) is 1.04. The average Bonchev–Trinajstić information content (AvgIpc) is 2.59. The molecule has 1 unspecified atom stereocenters. The fourth-order valence-corrected chi connectivity index (χ4v) is 1.38. The smallest absolute Gasteiger partial charge is 0.350 e. The fourth-order valence-electron chi connectivity index (χ4n) is 0.790. The Hall–Kier alpha value is -1.89. The van der Waals surface area contributed by atoms with Crippen molar-refractivity contribution in [1.82, 2.24) is 4.98 Å². The third kappa shape index (κ3) is 3.39. The number of thiazole rings is 1. The van der Waals surface area contributed by atoms with Gasteiger partial charge in [0.05, 0.1) is 0 Å². The molecule has 1 rings (SSSR count). The van der Waals surface area contributed by atoms with Gasteiger partial charge in [-0.2, -0.15) is 0 Å². The number of hydrogen-bond acceptors (Lipinski definition) is 6. The van der Waals surface area contributed by atoms with Gasteiger partial charge in [0.25, 0.3) is 0 Å². The maximum Gasteiger partial charge on any atom is 0.350 e. The van der Waals surface area contributed by atoms with Crippen molar-refractivity contribution in [2.45, 2.75) is 6.10 Å². The van der Waals surface area contributed by atoms with Gasteiger partial charge >= 0.3 is 5.97 Å². The third-order valence-electron chi connectivity index (χ3n) is 1.38. The highest BCUT2D eigenvalue weighted by Gasteiger charge is 2.11. The van der Waals surface area contributed by atoms with Crippen LogP contribution in [0.1, 0.15) is 11.8 Å². The minimum atomic E-state index is -1.18. The standard InChI is InChI=1S/C8H9N3O3S/c1-2-6(14-10-3-7(12)13)5-4-15-8(9)11-5/h2-4,6H,1H2,(H2,9,11)(H,12,13). The molecule has 0 spiro atoms. The van der Waals surface area contributed by atoms with Gasteiger partial charge in [-0.05, 0) is 6.08 Å². The SMILES string of the molecule is C=CC(ON=CC(=O)O)c1csc(N)n1. The van der Waals surface area contributed by atoms with E-state index in [9.17, 15) is 4.79 Å². The lowest BCUT2D eigenvalue weighted by Crippen LogP contribution is -2.01. The molecule has 1 aromatic heterocycles. The molecule has 6 nitrogen and oxygen atoms in total. The van der Waals surface area contributed by atoms with Crippen molar-refractivity contribution >= 4 is 28.7 Å². The minimum Gasteiger partial charge on any atom is -0.477 e. The van der Waals surface area contributed by atoms with E-state index in [2.05, 4.69) is 16.7 Å². The number of carboxylic acid groups (broad SMARTS) is 1. The van der Waals surface area contributed by atoms with Crippen LogP contribution in [-0.4, -0.2) is 22.3 Å². The highest BCUT2D eigenvalue weighted by atomic mass is 32.1. The van der Waals surface area contributed by atoms with Crippen molar-refractivity contribution in [1.29, 1.82) is 0 Å². The first kappa shape index (κ1) is 11.2. The topological polar surface area (TPSA) is 97.8 Å². The first-order valence-corrected chi connectivity index (χ1v) is 4.77. The van der Waals surface area contributed by atoms with Gasteiger partial charge < -0.3 is 15.7 Å². The van der Waals surface area contributed by atoms with Gasteiger partial charge in [0, 0.05) is 5.38 Å². The second-order valence-corrected chi connectivity index (χ2v) is 3.33. The van der Waals surface area contributed by atoms with Gasteiger partial charge in [0.1, 0.15) is 5.69 Å². The molecule has 15 heavy (non-hydrogen) atoms. The Labute approximate surface area is 89.7 Å². The van der Waals surface area contributed by atoms with E-state index in [1.165, 1.54) is 17.4 Å². The van der Waals surface area contributed by atoms with Crippen LogP contribution in [0.2, 0.25) is 0 Å². The van der Waals surface area contributed by atoms with Crippen molar-refractivity contribution in [3.8, 4) is 0 Å². The average molecular weight is 227 g/mol. The molecule has 0 aliphatic carbocycles. The summed E-state index contributed by atoms with van der Waals surface area (Å²) in [7, 11) is 0. The van der Waals surface area contributed by atoms with Crippen LogP contribution in [0, 0.1) is 0 Å². The lowest BCUT2D eigenvalue weighted by molar-refractivity contribution is -0.129. The molecular weight excluding hydrogens is 218 g/mol. The van der Waals surface area contributed by atoms with Crippen molar-refractivity contribution in [3.05, 3.63) is 23.7 Å². The second-order valence-electron chi connectivity index (χ2n) is 2.45. The van der Waals surface area contributed by atoms with E-state index < -0.39 is 12.1 Å². The molecule has 0 aliphatic heterocycles. The molecule has 0 aliphatic rings. The predicted molar refractivity (Wildman–Crippen MR) is 56.7 cm³/mol. The molecule has 3 N–H and O–H groups in total. The number of hydrogen-bond donors (Lipinski definition) is 2. The normalized spacial score (nSPS) is 12.5. The molecular formula is C8H9N3O3S. The van der Waals surface area contributed by atoms with Gasteiger partial charge in [0.15, 0.2) is 17.5 Å². The zero-order valence-electron chi connectivity index (χ0n) is 7.66. The molecule has 0 fully saturated rings. The molecule has 0 amide bonds. The first-order valence-electron chi connectivity index (χ1n) is 3.89. The van der Waals surface area contributed by atoms with Crippen molar-refractivity contribution in [2.24, 2.45) is 5.16 Å². The Balaban J connectivity index is 2.64. The molecule has 80 valence electrons. The lowest BCUT2D eigenvalue weighted by atomic mass is 10.3. The number of nitrogen functional groups attached to an aromatic ring is 1. The van der Waals surface area contributed by atoms with E-state index in [0.29, 0.717) is 17.0 Å². The van der Waals surface area contributed by atoms with E-state index in [0.717, 1.165) is 0 Å². The summed E-state index contributed by atoms with van der Waals surface area (Å²) in [5, 5.41) is 13.6. The summed E-state index contributed by atoms with van der Waals surface area (Å²) in [4.78, 5) is 18.9. The van der Waals surface area contributed by atoms with Crippen LogP contribution >= 0.6 is 11.3 Å². The maximum absolute atomic E-state index is 10.1. The van der Waals surface area contributed by atoms with Crippen LogP contribution in [-0.2, 0) is 9.63 Å². The summed E-state index contributed by atoms with van der Waals surface area (Å²) in [6.45, 7) is 3.52. The quantitative estimate of drug-likeness (QED) is 0.445. The summed E-state index contributed by atoms with van der Waals surface area (Å²) in [6, 6.07) is 0. The number of carboxylic acids is 1. The second kappa shape index (κ2) is 5.11. The number of oxime groups is 1. The number of carbonyl (C=O) groups is 1. The molecule has 0 saturated heterocycles. The monoisotopic (exact) mass is 227 g/mol. The van der Waals surface area contributed by atoms with Gasteiger partial charge in [-0.25, -0.2) is 9.78 Å². The van der Waals surface area contributed by atoms with E-state index in [1.54, 1.807) is 5.38 Å². The minimum absolute atomic E-state index is 0.405. The number of aromatic nitrogens is 1. The van der Waals surface area contributed by atoms with Gasteiger partial charge in [-0.1, -0.05) is 11.7 Å². The lowest BCUT2D eigenvalue weighted by Gasteiger charge is -2.05. The Kier molecular flexibility index (Phi) is 3.81. The van der Waals surface area contributed by atoms with Crippen LogP contribution in [0.15, 0.2) is 23.2 Å². The van der Waals surface area contributed by atoms with Crippen molar-refractivity contribution in [3.63, 3.8) is 0 Å². The highest BCUT2D eigenvalue weighted by Crippen LogP contribution is 2.21. The number of rotatable bonds is 5. The van der Waals surface area contributed by atoms with Crippen LogP contribution in [0.4, 0.5) is 5.13 Å². The van der Waals surface area contributed by atoms with Crippen LogP contribution < -0.4 is 5.73 Å². The summed E-state index contributed by atoms with van der Waals surface area (Å²) in [6.07, 6.45) is 1.51. The molecule has 0 saturated carbocycles. The summed E-state index contributed by atoms with van der Waals surface area (Å²) in [5.41, 5.74) is 5.98. The van der Waals surface area contributed by atoms with Gasteiger partial charge in [-0.15, -0.1) is 11.3 Å². The molecule has 1 aromatic rings. The molecule has 0 bridgehead atoms. The highest BCUT2D eigenvalue weighted by molar-refractivity contribution is 7.13. The van der Waals surface area contributed by atoms with Crippen molar-refractivity contribution < 1.29 is 14.7 Å². The number of aliphatic carboxylic acids is 1. The molecule has 0 aromatic carbocycles. The molecule has 7 heteroatoms. The van der Waals surface area contributed by atoms with Crippen LogP contribution in [0.25, 0.3) is 0 Å². The number of anilines is 1. The third-order valence-corrected chi connectivity index (χ3v) is 2.07. The number of nitrogens with zero attached hydrogens (tertiary/aromatic N) is 2. The largest absolute Gasteiger partial charge is 0.477 e. The summed E-state index contributed by atoms with van der Waals surface area (Å²) in [5.74, 6) is -1.18. The fraction of sp³-hybridized carbons (Fsp3) is 0.125. The van der Waals surface area contributed by atoms with Crippen molar-refractivity contribution in [2.75, 3.05) is 5.73 Å². The van der Waals surface area contributed by atoms with Gasteiger partial charge in [-0.3, -0.25) is 0 Å². The zero-order valence-corrected chi connectivity index (χ0v) is 8.48. The van der Waals surface area contributed by atoms with Crippen LogP contribution in [0.3, 0.4) is 0 Å². The summed E-state index contributed by atoms with van der Waals surface area (Å²) < 4.78 is 0. The molecule has 0 radical (unpaired) electrons. The Morgan fingerprint density at radius 3 is 3.07 bits per heavy atom. The van der Waals surface area contributed by atoms with Gasteiger partial charge in [0.2, 0.25) is 0 Å². The number of nitrogens with two attached hydrogens (primary N) is 1. The van der Waals surface area contributed by atoms with E-state index >= 15 is 0 Å². The molecule has 1 heterocycles. The maximum atomic E-state index is 10.1. The Bertz CT molecular complexity index is 388. The Morgan fingerprint density at radius 2 is 2.60 bits per heavy atom.